The van der Waals surface area contributed by atoms with Crippen LogP contribution in [0, 0.1) is 23.6 Å². The molecule has 3 aromatic heterocycles. The van der Waals surface area contributed by atoms with Crippen LogP contribution in [0.25, 0.3) is 33.8 Å². The maximum Gasteiger partial charge on any atom is 0.308 e. The van der Waals surface area contributed by atoms with Crippen molar-refractivity contribution in [2.75, 3.05) is 5.32 Å². The highest BCUT2D eigenvalue weighted by molar-refractivity contribution is 6.31. The molecule has 2 unspecified atom stereocenters. The van der Waals surface area contributed by atoms with E-state index in [9.17, 15) is 9.90 Å². The lowest BCUT2D eigenvalue weighted by atomic mass is 9.61. The second-order valence-electron chi connectivity index (χ2n) is 9.26. The van der Waals surface area contributed by atoms with Crippen molar-refractivity contribution >= 4 is 34.4 Å². The van der Waals surface area contributed by atoms with Gasteiger partial charge < -0.3 is 10.4 Å². The number of pyridine rings is 1. The van der Waals surface area contributed by atoms with Crippen molar-refractivity contribution in [1.29, 1.82) is 0 Å². The van der Waals surface area contributed by atoms with Gasteiger partial charge in [-0.1, -0.05) is 41.9 Å². The zero-order valence-corrected chi connectivity index (χ0v) is 19.3. The Hall–Kier alpha value is -3.59. The molecule has 3 aliphatic carbocycles. The normalized spacial score (nSPS) is 23.5. The molecular formula is C25H22ClFN6O2. The zero-order chi connectivity index (χ0) is 24.1. The highest BCUT2D eigenvalue weighted by Crippen LogP contribution is 2.46. The monoisotopic (exact) mass is 492 g/mol. The van der Waals surface area contributed by atoms with Gasteiger partial charge >= 0.3 is 5.97 Å². The van der Waals surface area contributed by atoms with Gasteiger partial charge in [0.25, 0.3) is 0 Å². The largest absolute Gasteiger partial charge is 0.481 e. The minimum Gasteiger partial charge on any atom is -0.481 e. The highest BCUT2D eigenvalue weighted by Gasteiger charge is 2.47. The first-order valence-corrected chi connectivity index (χ1v) is 12.0. The molecule has 2 atom stereocenters. The molecule has 35 heavy (non-hydrogen) atoms. The molecular weight excluding hydrogens is 471 g/mol. The van der Waals surface area contributed by atoms with Crippen LogP contribution in [0.1, 0.15) is 25.7 Å². The lowest BCUT2D eigenvalue weighted by Gasteiger charge is -2.47. The Morgan fingerprint density at radius 3 is 2.57 bits per heavy atom. The van der Waals surface area contributed by atoms with Gasteiger partial charge in [0.2, 0.25) is 0 Å². The summed E-state index contributed by atoms with van der Waals surface area (Å²) in [5.74, 6) is -1.67. The second kappa shape index (κ2) is 8.57. The first-order valence-electron chi connectivity index (χ1n) is 11.6. The average molecular weight is 493 g/mol. The van der Waals surface area contributed by atoms with Crippen molar-refractivity contribution in [2.24, 2.45) is 17.8 Å². The van der Waals surface area contributed by atoms with E-state index in [1.807, 2.05) is 6.07 Å². The molecule has 3 saturated carbocycles. The summed E-state index contributed by atoms with van der Waals surface area (Å²) in [5, 5.41) is 21.4. The summed E-state index contributed by atoms with van der Waals surface area (Å²) < 4.78 is 15.9. The van der Waals surface area contributed by atoms with Gasteiger partial charge in [-0.25, -0.2) is 19.3 Å². The number of carbonyl (C=O) groups is 1. The summed E-state index contributed by atoms with van der Waals surface area (Å²) >= 11 is 6.16. The number of aromatic nitrogens is 5. The molecule has 2 bridgehead atoms. The van der Waals surface area contributed by atoms with Crippen LogP contribution in [-0.2, 0) is 4.79 Å². The van der Waals surface area contributed by atoms with Crippen molar-refractivity contribution in [3.8, 4) is 22.8 Å². The summed E-state index contributed by atoms with van der Waals surface area (Å²) in [4.78, 5) is 25.4. The van der Waals surface area contributed by atoms with Crippen molar-refractivity contribution in [2.45, 2.75) is 31.7 Å². The van der Waals surface area contributed by atoms with E-state index in [-0.39, 0.29) is 29.2 Å². The van der Waals surface area contributed by atoms with Crippen LogP contribution < -0.4 is 5.32 Å². The number of rotatable bonds is 5. The van der Waals surface area contributed by atoms with E-state index in [1.54, 1.807) is 30.3 Å². The highest BCUT2D eigenvalue weighted by atomic mass is 35.5. The lowest BCUT2D eigenvalue weighted by Crippen LogP contribution is -2.51. The molecule has 3 heterocycles. The van der Waals surface area contributed by atoms with E-state index in [1.165, 1.54) is 6.20 Å². The molecule has 0 spiro atoms. The Labute approximate surface area is 205 Å². The third-order valence-electron chi connectivity index (χ3n) is 7.30. The number of fused-ring (bicyclic) bond motifs is 4. The van der Waals surface area contributed by atoms with E-state index in [4.69, 9.17) is 11.6 Å². The molecule has 3 N–H and O–H groups in total. The van der Waals surface area contributed by atoms with Gasteiger partial charge in [0.15, 0.2) is 23.1 Å². The Balaban J connectivity index is 1.50. The number of hydrogen-bond donors (Lipinski definition) is 3. The molecule has 3 fully saturated rings. The number of halogens is 2. The van der Waals surface area contributed by atoms with Crippen LogP contribution in [0.3, 0.4) is 0 Å². The molecule has 10 heteroatoms. The predicted octanol–water partition coefficient (Wildman–Crippen LogP) is 5.18. The fourth-order valence-electron chi connectivity index (χ4n) is 5.65. The SMILES string of the molecule is O=C(O)C1C2CCC(CC2)C1Nc1nc(-c2n[nH]c3ncc(Cl)cc23)nc(-c2ccccc2)c1F. The predicted molar refractivity (Wildman–Crippen MR) is 129 cm³/mol. The molecule has 8 nitrogen and oxygen atoms in total. The summed E-state index contributed by atoms with van der Waals surface area (Å²) in [5.41, 5.74) is 1.57. The van der Waals surface area contributed by atoms with Crippen LogP contribution in [0.5, 0.6) is 0 Å². The van der Waals surface area contributed by atoms with Gasteiger partial charge in [-0.3, -0.25) is 9.89 Å². The van der Waals surface area contributed by atoms with Crippen molar-refractivity contribution in [1.82, 2.24) is 25.1 Å². The smallest absolute Gasteiger partial charge is 0.308 e. The maximum atomic E-state index is 15.9. The molecule has 7 rings (SSSR count). The van der Waals surface area contributed by atoms with E-state index >= 15 is 4.39 Å². The quantitative estimate of drug-likeness (QED) is 0.351. The van der Waals surface area contributed by atoms with Crippen LogP contribution in [0.4, 0.5) is 10.2 Å². The molecule has 0 aliphatic heterocycles. The molecule has 3 aliphatic rings. The molecule has 1 aromatic carbocycles. The number of aromatic amines is 1. The fraction of sp³-hybridized carbons (Fsp3) is 0.320. The number of nitrogens with one attached hydrogen (secondary N) is 2. The molecule has 178 valence electrons. The van der Waals surface area contributed by atoms with Crippen molar-refractivity contribution in [3.05, 3.63) is 53.4 Å². The zero-order valence-electron chi connectivity index (χ0n) is 18.6. The number of carboxylic acids is 1. The number of carboxylic acid groups (broad SMARTS) is 1. The number of benzene rings is 1. The van der Waals surface area contributed by atoms with Crippen LogP contribution in [0.2, 0.25) is 5.02 Å². The first kappa shape index (κ1) is 21.9. The summed E-state index contributed by atoms with van der Waals surface area (Å²) in [6.07, 6.45) is 5.12. The van der Waals surface area contributed by atoms with Gasteiger partial charge in [-0.2, -0.15) is 5.10 Å². The Morgan fingerprint density at radius 2 is 1.83 bits per heavy atom. The van der Waals surface area contributed by atoms with Gasteiger partial charge in [0, 0.05) is 17.8 Å². The number of anilines is 1. The number of hydrogen-bond acceptors (Lipinski definition) is 6. The standard InChI is InChI=1S/C25H22ClFN6O2/c26-15-10-16-21(32-33-22(16)28-11-15)24-30-20(13-4-2-1-3-5-13)18(27)23(31-24)29-19-14-8-6-12(7-9-14)17(19)25(34)35/h1-5,10-12,14,17,19H,6-9H2,(H,34,35)(H,28,32,33)(H,29,30,31). The van der Waals surface area contributed by atoms with Gasteiger partial charge in [-0.15, -0.1) is 0 Å². The Bertz CT molecular complexity index is 1420. The van der Waals surface area contributed by atoms with Gasteiger partial charge in [0.1, 0.15) is 11.4 Å². The third-order valence-corrected chi connectivity index (χ3v) is 7.51. The molecule has 0 amide bonds. The number of aliphatic carboxylic acids is 1. The minimum atomic E-state index is -0.853. The van der Waals surface area contributed by atoms with Crippen LogP contribution in [0.15, 0.2) is 42.6 Å². The summed E-state index contributed by atoms with van der Waals surface area (Å²) in [7, 11) is 0. The Kier molecular flexibility index (Phi) is 5.36. The van der Waals surface area contributed by atoms with E-state index in [0.29, 0.717) is 27.3 Å². The second-order valence-corrected chi connectivity index (χ2v) is 9.69. The van der Waals surface area contributed by atoms with Crippen LogP contribution in [-0.4, -0.2) is 42.3 Å². The van der Waals surface area contributed by atoms with Crippen molar-refractivity contribution < 1.29 is 14.3 Å². The topological polar surface area (TPSA) is 117 Å². The number of nitrogens with zero attached hydrogens (tertiary/aromatic N) is 4. The lowest BCUT2D eigenvalue weighted by molar-refractivity contribution is -0.148. The molecule has 4 aromatic rings. The minimum absolute atomic E-state index is 0.0243. The fourth-order valence-corrected chi connectivity index (χ4v) is 5.81. The van der Waals surface area contributed by atoms with Gasteiger partial charge in [0.05, 0.1) is 16.3 Å². The van der Waals surface area contributed by atoms with E-state index < -0.39 is 23.7 Å². The molecule has 0 radical (unpaired) electrons. The summed E-state index contributed by atoms with van der Waals surface area (Å²) in [6, 6.07) is 10.3. The number of H-pyrrole nitrogens is 1. The summed E-state index contributed by atoms with van der Waals surface area (Å²) in [6.45, 7) is 0. The first-order chi connectivity index (χ1) is 17.0. The Morgan fingerprint density at radius 1 is 1.09 bits per heavy atom. The van der Waals surface area contributed by atoms with Gasteiger partial charge in [-0.05, 0) is 43.6 Å². The van der Waals surface area contributed by atoms with E-state index in [2.05, 4.69) is 30.5 Å². The van der Waals surface area contributed by atoms with E-state index in [0.717, 1.165) is 25.7 Å². The maximum absolute atomic E-state index is 15.9. The average Bonchev–Trinajstić information content (AvgIpc) is 3.29. The third kappa shape index (κ3) is 3.80. The molecule has 0 saturated heterocycles. The van der Waals surface area contributed by atoms with Crippen molar-refractivity contribution in [3.63, 3.8) is 0 Å². The van der Waals surface area contributed by atoms with Crippen LogP contribution >= 0.6 is 11.6 Å².